The maximum atomic E-state index is 8.81. The summed E-state index contributed by atoms with van der Waals surface area (Å²) in [6, 6.07) is 9.84. The van der Waals surface area contributed by atoms with Crippen LogP contribution in [0.15, 0.2) is 29.6 Å². The van der Waals surface area contributed by atoms with Crippen LogP contribution in [0.2, 0.25) is 0 Å². The van der Waals surface area contributed by atoms with Gasteiger partial charge in [0.05, 0.1) is 17.3 Å². The fourth-order valence-electron chi connectivity index (χ4n) is 2.23. The smallest absolute Gasteiger partial charge is 0.122 e. The molecule has 1 atom stereocenters. The number of thiazole rings is 1. The van der Waals surface area contributed by atoms with Crippen LogP contribution in [0.5, 0.6) is 0 Å². The van der Waals surface area contributed by atoms with E-state index in [0.717, 1.165) is 23.8 Å². The molecule has 0 bridgehead atoms. The van der Waals surface area contributed by atoms with Crippen LogP contribution in [0.3, 0.4) is 0 Å². The highest BCUT2D eigenvalue weighted by Gasteiger charge is 2.11. The monoisotopic (exact) mass is 315 g/mol. The summed E-state index contributed by atoms with van der Waals surface area (Å²) in [6.07, 6.45) is 0.0626. The number of ether oxygens (including phenoxy) is 1. The van der Waals surface area contributed by atoms with E-state index in [1.165, 1.54) is 5.56 Å². The molecule has 22 heavy (non-hydrogen) atoms. The average molecular weight is 315 g/mol. The van der Waals surface area contributed by atoms with Crippen molar-refractivity contribution in [2.24, 2.45) is 0 Å². The fraction of sp³-hybridized carbons (Fsp3) is 0.412. The van der Waals surface area contributed by atoms with E-state index in [2.05, 4.69) is 28.4 Å². The minimum Gasteiger partial charge on any atom is -0.372 e. The van der Waals surface area contributed by atoms with Gasteiger partial charge in [0.1, 0.15) is 11.1 Å². The Hall–Kier alpha value is -1.74. The largest absolute Gasteiger partial charge is 0.372 e. The van der Waals surface area contributed by atoms with Crippen LogP contribution in [-0.4, -0.2) is 23.5 Å². The molecule has 2 aromatic rings. The van der Waals surface area contributed by atoms with Gasteiger partial charge < -0.3 is 4.74 Å². The normalized spacial score (nSPS) is 12.3. The molecular formula is C17H21N3OS. The first kappa shape index (κ1) is 16.6. The molecule has 0 amide bonds. The molecule has 5 heteroatoms. The Kier molecular flexibility index (Phi) is 6.08. The third kappa shape index (κ3) is 4.63. The van der Waals surface area contributed by atoms with Crippen LogP contribution < -0.4 is 0 Å². The van der Waals surface area contributed by atoms with Gasteiger partial charge in [-0.15, -0.1) is 11.3 Å². The van der Waals surface area contributed by atoms with Crippen molar-refractivity contribution in [3.63, 3.8) is 0 Å². The Balaban J connectivity index is 1.91. The summed E-state index contributed by atoms with van der Waals surface area (Å²) in [7, 11) is 2.07. The molecule has 0 saturated carbocycles. The minimum atomic E-state index is 0.0626. The predicted octanol–water partition coefficient (Wildman–Crippen LogP) is 3.74. The van der Waals surface area contributed by atoms with Gasteiger partial charge in [0.2, 0.25) is 0 Å². The Labute approximate surface area is 136 Å². The molecular weight excluding hydrogens is 294 g/mol. The summed E-state index contributed by atoms with van der Waals surface area (Å²) in [4.78, 5) is 6.86. The molecule has 0 aliphatic heterocycles. The van der Waals surface area contributed by atoms with Gasteiger partial charge in [-0.1, -0.05) is 12.1 Å². The van der Waals surface area contributed by atoms with Crippen molar-refractivity contribution in [2.75, 3.05) is 13.7 Å². The van der Waals surface area contributed by atoms with Crippen molar-refractivity contribution in [1.82, 2.24) is 9.88 Å². The maximum absolute atomic E-state index is 8.81. The topological polar surface area (TPSA) is 49.1 Å². The lowest BCUT2D eigenvalue weighted by Crippen LogP contribution is -2.17. The van der Waals surface area contributed by atoms with E-state index in [9.17, 15) is 0 Å². The molecule has 0 spiro atoms. The van der Waals surface area contributed by atoms with Gasteiger partial charge in [0, 0.05) is 25.1 Å². The van der Waals surface area contributed by atoms with Crippen molar-refractivity contribution < 1.29 is 4.74 Å². The van der Waals surface area contributed by atoms with E-state index in [1.54, 1.807) is 11.3 Å². The number of nitrogens with zero attached hydrogens (tertiary/aromatic N) is 3. The summed E-state index contributed by atoms with van der Waals surface area (Å²) in [6.45, 7) is 6.37. The summed E-state index contributed by atoms with van der Waals surface area (Å²) in [5.41, 5.74) is 2.96. The second-order valence-corrected chi connectivity index (χ2v) is 6.15. The summed E-state index contributed by atoms with van der Waals surface area (Å²) >= 11 is 1.65. The van der Waals surface area contributed by atoms with Crippen LogP contribution in [0.1, 0.15) is 41.8 Å². The van der Waals surface area contributed by atoms with E-state index >= 15 is 0 Å². The predicted molar refractivity (Wildman–Crippen MR) is 88.5 cm³/mol. The lowest BCUT2D eigenvalue weighted by Gasteiger charge is -2.15. The highest BCUT2D eigenvalue weighted by molar-refractivity contribution is 7.09. The first-order chi connectivity index (χ1) is 10.6. The quantitative estimate of drug-likeness (QED) is 0.781. The van der Waals surface area contributed by atoms with Crippen molar-refractivity contribution in [3.05, 3.63) is 51.5 Å². The number of aromatic nitrogens is 1. The minimum absolute atomic E-state index is 0.0626. The Morgan fingerprint density at radius 1 is 1.32 bits per heavy atom. The molecule has 116 valence electrons. The fourth-order valence-corrected chi connectivity index (χ4v) is 3.05. The summed E-state index contributed by atoms with van der Waals surface area (Å²) < 4.78 is 5.57. The highest BCUT2D eigenvalue weighted by Crippen LogP contribution is 2.21. The number of nitriles is 1. The molecule has 0 fully saturated rings. The molecule has 0 aliphatic rings. The van der Waals surface area contributed by atoms with E-state index in [-0.39, 0.29) is 6.10 Å². The number of hydrogen-bond acceptors (Lipinski definition) is 5. The van der Waals surface area contributed by atoms with Crippen LogP contribution in [0.25, 0.3) is 0 Å². The lowest BCUT2D eigenvalue weighted by atomic mass is 10.1. The van der Waals surface area contributed by atoms with E-state index in [4.69, 9.17) is 10.00 Å². The molecule has 0 N–H and O–H groups in total. The number of benzene rings is 1. The second-order valence-electron chi connectivity index (χ2n) is 5.26. The van der Waals surface area contributed by atoms with Gasteiger partial charge in [0.25, 0.3) is 0 Å². The van der Waals surface area contributed by atoms with Crippen molar-refractivity contribution in [2.45, 2.75) is 33.0 Å². The van der Waals surface area contributed by atoms with Crippen molar-refractivity contribution >= 4 is 11.3 Å². The first-order valence-electron chi connectivity index (χ1n) is 7.35. The van der Waals surface area contributed by atoms with Gasteiger partial charge in [-0.05, 0) is 38.6 Å². The van der Waals surface area contributed by atoms with Gasteiger partial charge >= 0.3 is 0 Å². The molecule has 1 aromatic carbocycles. The molecule has 0 unspecified atom stereocenters. The zero-order chi connectivity index (χ0) is 15.9. The zero-order valence-electron chi connectivity index (χ0n) is 13.2. The standard InChI is InChI=1S/C17H21N3OS/c1-4-21-13(2)17-19-16(12-22-17)11-20(3)10-15-7-5-14(9-18)6-8-15/h5-8,12-13H,4,10-11H2,1-3H3/t13-/m1/s1. The molecule has 2 rings (SSSR count). The lowest BCUT2D eigenvalue weighted by molar-refractivity contribution is 0.0760. The number of rotatable bonds is 7. The first-order valence-corrected chi connectivity index (χ1v) is 8.23. The maximum Gasteiger partial charge on any atom is 0.122 e. The molecule has 0 radical (unpaired) electrons. The third-order valence-electron chi connectivity index (χ3n) is 3.30. The van der Waals surface area contributed by atoms with Crippen molar-refractivity contribution in [1.29, 1.82) is 5.26 Å². The SMILES string of the molecule is CCO[C@H](C)c1nc(CN(C)Cc2ccc(C#N)cc2)cs1. The van der Waals surface area contributed by atoms with Crippen molar-refractivity contribution in [3.8, 4) is 6.07 Å². The Bertz CT molecular complexity index is 630. The summed E-state index contributed by atoms with van der Waals surface area (Å²) in [5, 5.41) is 11.9. The van der Waals surface area contributed by atoms with E-state index in [0.29, 0.717) is 12.2 Å². The van der Waals surface area contributed by atoms with Gasteiger partial charge in [-0.3, -0.25) is 4.90 Å². The molecule has 1 heterocycles. The van der Waals surface area contributed by atoms with Crippen LogP contribution in [0.4, 0.5) is 0 Å². The third-order valence-corrected chi connectivity index (χ3v) is 4.36. The number of hydrogen-bond donors (Lipinski definition) is 0. The Morgan fingerprint density at radius 2 is 2.05 bits per heavy atom. The summed E-state index contributed by atoms with van der Waals surface area (Å²) in [5.74, 6) is 0. The van der Waals surface area contributed by atoms with Crippen LogP contribution in [0, 0.1) is 11.3 Å². The molecule has 0 aliphatic carbocycles. The van der Waals surface area contributed by atoms with Crippen LogP contribution in [-0.2, 0) is 17.8 Å². The average Bonchev–Trinajstić information content (AvgIpc) is 2.96. The van der Waals surface area contributed by atoms with Crippen LogP contribution >= 0.6 is 11.3 Å². The van der Waals surface area contributed by atoms with E-state index in [1.807, 2.05) is 38.1 Å². The second kappa shape index (κ2) is 8.04. The van der Waals surface area contributed by atoms with E-state index < -0.39 is 0 Å². The zero-order valence-corrected chi connectivity index (χ0v) is 14.1. The van der Waals surface area contributed by atoms with Gasteiger partial charge in [0.15, 0.2) is 0 Å². The molecule has 0 saturated heterocycles. The van der Waals surface area contributed by atoms with Gasteiger partial charge in [-0.25, -0.2) is 4.98 Å². The Morgan fingerprint density at radius 3 is 2.68 bits per heavy atom. The molecule has 4 nitrogen and oxygen atoms in total. The highest BCUT2D eigenvalue weighted by atomic mass is 32.1. The molecule has 1 aromatic heterocycles. The van der Waals surface area contributed by atoms with Gasteiger partial charge in [-0.2, -0.15) is 5.26 Å².